The molecule has 0 bridgehead atoms. The standard InChI is InChI=1S/C22H26FN3O3S/c1-30(28,29)26(21-12-6-5-11-20(21)23)18-22(27)25-16-14-24(15-17-25)13-7-10-19-8-3-2-4-9-19/h2-12H,13-18H2,1H3/b10-7+. The van der Waals surface area contributed by atoms with Crippen LogP contribution in [0.3, 0.4) is 0 Å². The highest BCUT2D eigenvalue weighted by atomic mass is 32.2. The zero-order chi connectivity index (χ0) is 21.6. The maximum atomic E-state index is 14.1. The summed E-state index contributed by atoms with van der Waals surface area (Å²) in [6.07, 6.45) is 5.13. The summed E-state index contributed by atoms with van der Waals surface area (Å²) in [5.41, 5.74) is 1.03. The van der Waals surface area contributed by atoms with Crippen molar-refractivity contribution in [3.8, 4) is 0 Å². The highest BCUT2D eigenvalue weighted by molar-refractivity contribution is 7.92. The number of carbonyl (C=O) groups excluding carboxylic acids is 1. The third-order valence-electron chi connectivity index (χ3n) is 5.00. The first-order chi connectivity index (χ1) is 14.3. The van der Waals surface area contributed by atoms with E-state index in [-0.39, 0.29) is 11.6 Å². The number of hydrogen-bond donors (Lipinski definition) is 0. The fourth-order valence-corrected chi connectivity index (χ4v) is 4.19. The summed E-state index contributed by atoms with van der Waals surface area (Å²) < 4.78 is 39.3. The summed E-state index contributed by atoms with van der Waals surface area (Å²) in [6, 6.07) is 15.6. The van der Waals surface area contributed by atoms with Crippen LogP contribution >= 0.6 is 0 Å². The Morgan fingerprint density at radius 2 is 1.67 bits per heavy atom. The Bertz CT molecular complexity index is 988. The van der Waals surface area contributed by atoms with Gasteiger partial charge in [-0.2, -0.15) is 0 Å². The van der Waals surface area contributed by atoms with Crippen LogP contribution in [0.5, 0.6) is 0 Å². The third-order valence-corrected chi connectivity index (χ3v) is 6.13. The highest BCUT2D eigenvalue weighted by Gasteiger charge is 2.27. The van der Waals surface area contributed by atoms with Crippen LogP contribution in [-0.2, 0) is 14.8 Å². The van der Waals surface area contributed by atoms with Crippen molar-refractivity contribution in [3.05, 3.63) is 72.1 Å². The topological polar surface area (TPSA) is 60.9 Å². The maximum Gasteiger partial charge on any atom is 0.243 e. The molecule has 0 aromatic heterocycles. The number of halogens is 1. The van der Waals surface area contributed by atoms with Gasteiger partial charge in [0.1, 0.15) is 12.4 Å². The van der Waals surface area contributed by atoms with Crippen molar-refractivity contribution >= 4 is 27.7 Å². The lowest BCUT2D eigenvalue weighted by atomic mass is 10.2. The van der Waals surface area contributed by atoms with Gasteiger partial charge in [-0.25, -0.2) is 12.8 Å². The van der Waals surface area contributed by atoms with E-state index in [1.807, 2.05) is 30.3 Å². The van der Waals surface area contributed by atoms with E-state index in [1.54, 1.807) is 11.0 Å². The van der Waals surface area contributed by atoms with Gasteiger partial charge in [0.15, 0.2) is 0 Å². The molecule has 0 radical (unpaired) electrons. The Morgan fingerprint density at radius 1 is 1.03 bits per heavy atom. The number of carbonyl (C=O) groups is 1. The van der Waals surface area contributed by atoms with Gasteiger partial charge in [-0.15, -0.1) is 0 Å². The average molecular weight is 432 g/mol. The maximum absolute atomic E-state index is 14.1. The first-order valence-corrected chi connectivity index (χ1v) is 11.6. The number of amides is 1. The van der Waals surface area contributed by atoms with Gasteiger partial charge in [0.2, 0.25) is 15.9 Å². The van der Waals surface area contributed by atoms with Crippen LogP contribution in [0.2, 0.25) is 0 Å². The van der Waals surface area contributed by atoms with Gasteiger partial charge in [-0.05, 0) is 17.7 Å². The van der Waals surface area contributed by atoms with Crippen LogP contribution < -0.4 is 4.31 Å². The fourth-order valence-electron chi connectivity index (χ4n) is 3.34. The van der Waals surface area contributed by atoms with E-state index < -0.39 is 22.4 Å². The Labute approximate surface area is 177 Å². The molecule has 1 fully saturated rings. The van der Waals surface area contributed by atoms with Crippen LogP contribution in [0.25, 0.3) is 6.08 Å². The van der Waals surface area contributed by atoms with Crippen LogP contribution in [0.1, 0.15) is 5.56 Å². The Kier molecular flexibility index (Phi) is 7.23. The average Bonchev–Trinajstić information content (AvgIpc) is 2.73. The third kappa shape index (κ3) is 5.90. The largest absolute Gasteiger partial charge is 0.339 e. The molecule has 0 N–H and O–H groups in total. The lowest BCUT2D eigenvalue weighted by Gasteiger charge is -2.35. The molecular formula is C22H26FN3O3S. The van der Waals surface area contributed by atoms with Crippen LogP contribution in [-0.4, -0.2) is 69.6 Å². The lowest BCUT2D eigenvalue weighted by Crippen LogP contribution is -2.51. The molecule has 160 valence electrons. The second-order valence-electron chi connectivity index (χ2n) is 7.22. The molecule has 1 heterocycles. The first kappa shape index (κ1) is 22.0. The molecule has 1 amide bonds. The zero-order valence-corrected chi connectivity index (χ0v) is 17.8. The van der Waals surface area contributed by atoms with Gasteiger partial charge in [0.25, 0.3) is 0 Å². The molecule has 2 aromatic carbocycles. The molecule has 2 aromatic rings. The summed E-state index contributed by atoms with van der Waals surface area (Å²) >= 11 is 0. The second-order valence-corrected chi connectivity index (χ2v) is 9.12. The Balaban J connectivity index is 1.55. The van der Waals surface area contributed by atoms with Crippen molar-refractivity contribution in [2.24, 2.45) is 0 Å². The minimum absolute atomic E-state index is 0.113. The van der Waals surface area contributed by atoms with Crippen molar-refractivity contribution in [1.29, 1.82) is 0 Å². The summed E-state index contributed by atoms with van der Waals surface area (Å²) in [5, 5.41) is 0. The number of sulfonamides is 1. The number of hydrogen-bond acceptors (Lipinski definition) is 4. The van der Waals surface area contributed by atoms with Gasteiger partial charge >= 0.3 is 0 Å². The first-order valence-electron chi connectivity index (χ1n) is 9.78. The smallest absolute Gasteiger partial charge is 0.243 e. The summed E-state index contributed by atoms with van der Waals surface area (Å²) in [4.78, 5) is 16.6. The van der Waals surface area contributed by atoms with Crippen molar-refractivity contribution < 1.29 is 17.6 Å². The minimum Gasteiger partial charge on any atom is -0.339 e. The van der Waals surface area contributed by atoms with Crippen molar-refractivity contribution in [3.63, 3.8) is 0 Å². The SMILES string of the molecule is CS(=O)(=O)N(CC(=O)N1CCN(C/C=C/c2ccccc2)CC1)c1ccccc1F. The van der Waals surface area contributed by atoms with E-state index >= 15 is 0 Å². The molecule has 3 rings (SSSR count). The van der Waals surface area contributed by atoms with Gasteiger partial charge in [0, 0.05) is 32.7 Å². The van der Waals surface area contributed by atoms with Crippen molar-refractivity contribution in [2.45, 2.75) is 0 Å². The van der Waals surface area contributed by atoms with Gasteiger partial charge < -0.3 is 4.90 Å². The number of benzene rings is 2. The van der Waals surface area contributed by atoms with E-state index in [4.69, 9.17) is 0 Å². The summed E-state index contributed by atoms with van der Waals surface area (Å²) in [7, 11) is -3.80. The molecule has 0 unspecified atom stereocenters. The quantitative estimate of drug-likeness (QED) is 0.676. The van der Waals surface area contributed by atoms with E-state index in [0.717, 1.165) is 22.7 Å². The number of para-hydroxylation sites is 1. The number of anilines is 1. The van der Waals surface area contributed by atoms with Gasteiger partial charge in [-0.1, -0.05) is 54.6 Å². The second kappa shape index (κ2) is 9.86. The monoisotopic (exact) mass is 431 g/mol. The molecule has 30 heavy (non-hydrogen) atoms. The zero-order valence-electron chi connectivity index (χ0n) is 16.9. The number of rotatable bonds is 7. The Hall–Kier alpha value is -2.71. The van der Waals surface area contributed by atoms with E-state index in [9.17, 15) is 17.6 Å². The fraction of sp³-hybridized carbons (Fsp3) is 0.318. The molecule has 8 heteroatoms. The van der Waals surface area contributed by atoms with Gasteiger partial charge in [-0.3, -0.25) is 14.0 Å². The van der Waals surface area contributed by atoms with Crippen LogP contribution in [0.4, 0.5) is 10.1 Å². The van der Waals surface area contributed by atoms with Crippen LogP contribution in [0, 0.1) is 5.82 Å². The van der Waals surface area contributed by atoms with E-state index in [1.165, 1.54) is 18.2 Å². The normalized spacial score (nSPS) is 15.5. The van der Waals surface area contributed by atoms with Crippen LogP contribution in [0.15, 0.2) is 60.7 Å². The molecular weight excluding hydrogens is 405 g/mol. The molecule has 1 aliphatic rings. The predicted octanol–water partition coefficient (Wildman–Crippen LogP) is 2.45. The molecule has 0 spiro atoms. The minimum atomic E-state index is -3.80. The van der Waals surface area contributed by atoms with E-state index in [2.05, 4.69) is 17.1 Å². The Morgan fingerprint density at radius 3 is 2.30 bits per heavy atom. The highest BCUT2D eigenvalue weighted by Crippen LogP contribution is 2.21. The van der Waals surface area contributed by atoms with Crippen molar-refractivity contribution in [1.82, 2.24) is 9.80 Å². The number of nitrogens with zero attached hydrogens (tertiary/aromatic N) is 3. The van der Waals surface area contributed by atoms with Crippen molar-refractivity contribution in [2.75, 3.05) is 49.8 Å². The molecule has 0 aliphatic carbocycles. The van der Waals surface area contributed by atoms with E-state index in [0.29, 0.717) is 26.2 Å². The molecule has 1 aliphatic heterocycles. The molecule has 0 atom stereocenters. The summed E-state index contributed by atoms with van der Waals surface area (Å²) in [6.45, 7) is 2.78. The predicted molar refractivity (Wildman–Crippen MR) is 117 cm³/mol. The molecule has 6 nitrogen and oxygen atoms in total. The summed E-state index contributed by atoms with van der Waals surface area (Å²) in [5.74, 6) is -1.01. The van der Waals surface area contributed by atoms with Gasteiger partial charge in [0.05, 0.1) is 11.9 Å². The molecule has 1 saturated heterocycles. The number of piperazine rings is 1. The lowest BCUT2D eigenvalue weighted by molar-refractivity contribution is -0.131. The molecule has 0 saturated carbocycles.